The van der Waals surface area contributed by atoms with Crippen LogP contribution >= 0.6 is 61.9 Å². The smallest absolute Gasteiger partial charge is 0.125 e. The average Bonchev–Trinajstić information content (AvgIpc) is 3.18. The molecular formula is C22H42N2S5. The molecule has 0 bridgehead atoms. The zero-order valence-electron chi connectivity index (χ0n) is 18.7. The molecule has 0 spiro atoms. The van der Waals surface area contributed by atoms with Crippen molar-refractivity contribution in [3.8, 4) is 0 Å². The van der Waals surface area contributed by atoms with E-state index in [1.165, 1.54) is 64.2 Å². The molecule has 0 amide bonds. The van der Waals surface area contributed by atoms with Crippen molar-refractivity contribution in [3.63, 3.8) is 0 Å². The largest absolute Gasteiger partial charge is 0.164 e. The summed E-state index contributed by atoms with van der Waals surface area (Å²) in [5.41, 5.74) is -0.335. The molecule has 2 unspecified atom stereocenters. The maximum Gasteiger partial charge on any atom is 0.125 e. The highest BCUT2D eigenvalue weighted by Crippen LogP contribution is 2.44. The van der Waals surface area contributed by atoms with Crippen molar-refractivity contribution >= 4 is 61.9 Å². The van der Waals surface area contributed by atoms with Crippen molar-refractivity contribution in [2.45, 2.75) is 125 Å². The first-order valence-corrected chi connectivity index (χ1v) is 14.2. The zero-order valence-corrected chi connectivity index (χ0v) is 23.1. The number of rotatable bonds is 16. The molecule has 1 heterocycles. The Hall–Kier alpha value is 0.960. The third-order valence-corrected chi connectivity index (χ3v) is 9.90. The van der Waals surface area contributed by atoms with Gasteiger partial charge in [0.2, 0.25) is 0 Å². The molecule has 0 radical (unpaired) electrons. The lowest BCUT2D eigenvalue weighted by Gasteiger charge is -2.31. The van der Waals surface area contributed by atoms with E-state index in [1.807, 2.05) is 0 Å². The second-order valence-corrected chi connectivity index (χ2v) is 12.7. The van der Waals surface area contributed by atoms with Gasteiger partial charge in [-0.3, -0.25) is 0 Å². The van der Waals surface area contributed by atoms with E-state index in [2.05, 4.69) is 37.9 Å². The average molecular weight is 495 g/mol. The highest BCUT2D eigenvalue weighted by molar-refractivity contribution is 7.99. The predicted molar refractivity (Wildman–Crippen MR) is 145 cm³/mol. The Morgan fingerprint density at radius 1 is 0.655 bits per heavy atom. The number of thiol groups is 4. The molecule has 7 heteroatoms. The summed E-state index contributed by atoms with van der Waals surface area (Å²) in [5.74, 6) is 0. The highest BCUT2D eigenvalue weighted by atomic mass is 32.2. The van der Waals surface area contributed by atoms with Crippen LogP contribution < -0.4 is 0 Å². The minimum absolute atomic E-state index is 0.0578. The van der Waals surface area contributed by atoms with Gasteiger partial charge in [0.25, 0.3) is 0 Å². The van der Waals surface area contributed by atoms with E-state index in [4.69, 9.17) is 50.5 Å². The Labute approximate surface area is 205 Å². The number of aromatic nitrogens is 2. The van der Waals surface area contributed by atoms with Gasteiger partial charge in [0.15, 0.2) is 0 Å². The normalized spacial score (nSPS) is 16.3. The van der Waals surface area contributed by atoms with E-state index in [0.717, 1.165) is 22.9 Å². The fourth-order valence-corrected chi connectivity index (χ4v) is 6.18. The molecule has 0 aromatic carbocycles. The maximum atomic E-state index is 4.72. The second-order valence-electron chi connectivity index (χ2n) is 8.82. The first-order chi connectivity index (χ1) is 13.7. The van der Waals surface area contributed by atoms with Gasteiger partial charge in [-0.1, -0.05) is 91.9 Å². The van der Waals surface area contributed by atoms with Crippen molar-refractivity contribution < 1.29 is 0 Å². The molecule has 0 saturated heterocycles. The van der Waals surface area contributed by atoms with E-state index in [1.54, 1.807) is 11.3 Å². The summed E-state index contributed by atoms with van der Waals surface area (Å²) >= 11 is 20.6. The van der Waals surface area contributed by atoms with Gasteiger partial charge < -0.3 is 0 Å². The Balaban J connectivity index is 2.89. The van der Waals surface area contributed by atoms with Gasteiger partial charge in [-0.15, -0.1) is 21.5 Å². The van der Waals surface area contributed by atoms with Crippen LogP contribution in [0.2, 0.25) is 0 Å². The van der Waals surface area contributed by atoms with Gasteiger partial charge in [-0.05, 0) is 12.8 Å². The molecule has 29 heavy (non-hydrogen) atoms. The van der Waals surface area contributed by atoms with Crippen LogP contribution in [-0.4, -0.2) is 19.4 Å². The van der Waals surface area contributed by atoms with E-state index >= 15 is 0 Å². The molecule has 0 aliphatic rings. The molecule has 2 nitrogen and oxygen atoms in total. The molecule has 1 aromatic heterocycles. The first-order valence-electron chi connectivity index (χ1n) is 11.3. The molecule has 0 aliphatic heterocycles. The summed E-state index contributed by atoms with van der Waals surface area (Å²) in [5, 5.41) is 11.4. The van der Waals surface area contributed by atoms with Gasteiger partial charge in [-0.2, -0.15) is 50.5 Å². The van der Waals surface area contributed by atoms with Gasteiger partial charge in [0.1, 0.15) is 10.0 Å². The molecule has 170 valence electrons. The number of hydrogen-bond acceptors (Lipinski definition) is 7. The van der Waals surface area contributed by atoms with E-state index < -0.39 is 0 Å². The molecule has 1 aromatic rings. The summed E-state index contributed by atoms with van der Waals surface area (Å²) in [6, 6.07) is 0. The van der Waals surface area contributed by atoms with E-state index in [0.29, 0.717) is 0 Å². The monoisotopic (exact) mass is 494 g/mol. The third kappa shape index (κ3) is 8.43. The van der Waals surface area contributed by atoms with Gasteiger partial charge in [-0.25, -0.2) is 0 Å². The molecule has 2 atom stereocenters. The maximum absolute atomic E-state index is 4.72. The van der Waals surface area contributed by atoms with Crippen molar-refractivity contribution in [1.29, 1.82) is 0 Å². The summed E-state index contributed by atoms with van der Waals surface area (Å²) in [7, 11) is 0. The third-order valence-electron chi connectivity index (χ3n) is 6.14. The Morgan fingerprint density at radius 2 is 1.00 bits per heavy atom. The van der Waals surface area contributed by atoms with Gasteiger partial charge >= 0.3 is 0 Å². The fourth-order valence-electron chi connectivity index (χ4n) is 3.57. The number of unbranched alkanes of at least 4 members (excludes halogenated alkanes) is 8. The van der Waals surface area contributed by atoms with Crippen LogP contribution in [0, 0.1) is 0 Å². The summed E-state index contributed by atoms with van der Waals surface area (Å²) in [6.07, 6.45) is 14.7. The van der Waals surface area contributed by atoms with Crippen LogP contribution in [0.5, 0.6) is 0 Å². The van der Waals surface area contributed by atoms with Crippen molar-refractivity contribution in [2.75, 3.05) is 0 Å². The molecular weight excluding hydrogens is 453 g/mol. The van der Waals surface area contributed by atoms with Crippen molar-refractivity contribution in [1.82, 2.24) is 10.2 Å². The zero-order chi connectivity index (χ0) is 21.9. The molecule has 0 N–H and O–H groups in total. The summed E-state index contributed by atoms with van der Waals surface area (Å²) in [4.78, 5) is 0. The van der Waals surface area contributed by atoms with Crippen LogP contribution in [0.15, 0.2) is 0 Å². The summed E-state index contributed by atoms with van der Waals surface area (Å²) < 4.78 is -0.116. The summed E-state index contributed by atoms with van der Waals surface area (Å²) in [6.45, 7) is 8.98. The fraction of sp³-hybridized carbons (Fsp3) is 0.909. The second kappa shape index (κ2) is 14.2. The molecule has 1 rings (SSSR count). The quantitative estimate of drug-likeness (QED) is 0.106. The van der Waals surface area contributed by atoms with Crippen LogP contribution in [0.4, 0.5) is 0 Å². The topological polar surface area (TPSA) is 25.8 Å². The van der Waals surface area contributed by atoms with Gasteiger partial charge in [0, 0.05) is 10.8 Å². The minimum atomic E-state index is -0.168. The predicted octanol–water partition coefficient (Wildman–Crippen LogP) is 8.15. The molecule has 0 saturated carbocycles. The van der Waals surface area contributed by atoms with Crippen LogP contribution in [0.25, 0.3) is 0 Å². The number of hydrogen-bond donors (Lipinski definition) is 4. The SMILES string of the molecule is CCCCCCCC(C)(c1nnc(C(C)(CCCCCCC)C(S)S)s1)C(S)S. The lowest BCUT2D eigenvalue weighted by Crippen LogP contribution is -2.30. The Morgan fingerprint density at radius 3 is 1.31 bits per heavy atom. The van der Waals surface area contributed by atoms with Crippen LogP contribution in [-0.2, 0) is 10.8 Å². The van der Waals surface area contributed by atoms with Gasteiger partial charge in [0.05, 0.1) is 9.16 Å². The highest BCUT2D eigenvalue weighted by Gasteiger charge is 2.40. The van der Waals surface area contributed by atoms with E-state index in [9.17, 15) is 0 Å². The van der Waals surface area contributed by atoms with Crippen molar-refractivity contribution in [2.24, 2.45) is 0 Å². The lowest BCUT2D eigenvalue weighted by atomic mass is 9.87. The number of nitrogens with zero attached hydrogens (tertiary/aromatic N) is 2. The Kier molecular flexibility index (Phi) is 13.7. The Bertz CT molecular complexity index is 517. The lowest BCUT2D eigenvalue weighted by molar-refractivity contribution is 0.429. The van der Waals surface area contributed by atoms with Crippen LogP contribution in [0.3, 0.4) is 0 Å². The van der Waals surface area contributed by atoms with Crippen LogP contribution in [0.1, 0.15) is 115 Å². The molecule has 0 aliphatic carbocycles. The molecule has 0 fully saturated rings. The first kappa shape index (κ1) is 28.0. The minimum Gasteiger partial charge on any atom is -0.164 e. The standard InChI is InChI=1S/C22H42N2S5/c1-5-7-9-11-13-15-21(3,19(25)26)17-23-24-18(29-17)22(4,20(27)28)16-14-12-10-8-6-2/h19-20,25-28H,5-16H2,1-4H3. The van der Waals surface area contributed by atoms with E-state index in [-0.39, 0.29) is 20.0 Å². The van der Waals surface area contributed by atoms with Crippen molar-refractivity contribution in [3.05, 3.63) is 10.0 Å².